The Hall–Kier alpha value is -1.02. The van der Waals surface area contributed by atoms with Crippen LogP contribution in [-0.4, -0.2) is 13.2 Å². The Bertz CT molecular complexity index is 512. The highest BCUT2D eigenvalue weighted by Crippen LogP contribution is 2.48. The molecule has 2 heteroatoms. The number of benzene rings is 1. The van der Waals surface area contributed by atoms with Crippen molar-refractivity contribution in [2.75, 3.05) is 13.2 Å². The Balaban J connectivity index is 1.40. The first-order valence-electron chi connectivity index (χ1n) is 8.82. The lowest BCUT2D eigenvalue weighted by molar-refractivity contribution is 0.304. The van der Waals surface area contributed by atoms with Crippen LogP contribution in [0.15, 0.2) is 18.2 Å². The summed E-state index contributed by atoms with van der Waals surface area (Å²) in [5, 5.41) is 3.86. The summed E-state index contributed by atoms with van der Waals surface area (Å²) in [6.07, 6.45) is 8.23. The van der Waals surface area contributed by atoms with Gasteiger partial charge in [0.05, 0.1) is 6.61 Å². The molecule has 114 valence electrons. The first kappa shape index (κ1) is 13.6. The number of hydrogen-bond acceptors (Lipinski definition) is 2. The van der Waals surface area contributed by atoms with Crippen LogP contribution in [0.1, 0.15) is 56.2 Å². The summed E-state index contributed by atoms with van der Waals surface area (Å²) in [4.78, 5) is 0. The summed E-state index contributed by atoms with van der Waals surface area (Å²) >= 11 is 0. The maximum absolute atomic E-state index is 5.62. The van der Waals surface area contributed by atoms with Crippen molar-refractivity contribution >= 4 is 0 Å². The predicted molar refractivity (Wildman–Crippen MR) is 85.6 cm³/mol. The normalized spacial score (nSPS) is 31.2. The van der Waals surface area contributed by atoms with Crippen molar-refractivity contribution in [2.24, 2.45) is 17.8 Å². The molecule has 2 aliphatic carbocycles. The summed E-state index contributed by atoms with van der Waals surface area (Å²) in [6, 6.07) is 7.30. The van der Waals surface area contributed by atoms with E-state index in [2.05, 4.69) is 30.4 Å². The van der Waals surface area contributed by atoms with E-state index in [9.17, 15) is 0 Å². The number of fused-ring (bicyclic) bond motifs is 3. The summed E-state index contributed by atoms with van der Waals surface area (Å²) < 4.78 is 5.62. The zero-order chi connectivity index (χ0) is 14.2. The molecule has 1 aromatic carbocycles. The summed E-state index contributed by atoms with van der Waals surface area (Å²) in [6.45, 7) is 4.36. The first-order chi connectivity index (χ1) is 10.3. The van der Waals surface area contributed by atoms with Crippen LogP contribution < -0.4 is 10.1 Å². The topological polar surface area (TPSA) is 21.3 Å². The Morgan fingerprint density at radius 3 is 3.00 bits per heavy atom. The van der Waals surface area contributed by atoms with Gasteiger partial charge in [-0.3, -0.25) is 0 Å². The van der Waals surface area contributed by atoms with E-state index in [4.69, 9.17) is 4.74 Å². The van der Waals surface area contributed by atoms with E-state index in [1.165, 1.54) is 49.8 Å². The van der Waals surface area contributed by atoms with E-state index in [0.29, 0.717) is 6.04 Å². The van der Waals surface area contributed by atoms with Gasteiger partial charge >= 0.3 is 0 Å². The minimum Gasteiger partial charge on any atom is -0.493 e. The van der Waals surface area contributed by atoms with E-state index >= 15 is 0 Å². The maximum atomic E-state index is 5.62. The molecule has 0 aromatic heterocycles. The average Bonchev–Trinajstić information content (AvgIpc) is 3.23. The van der Waals surface area contributed by atoms with Crippen molar-refractivity contribution in [1.82, 2.24) is 5.32 Å². The smallest absolute Gasteiger partial charge is 0.122 e. The monoisotopic (exact) mass is 285 g/mol. The molecule has 4 rings (SSSR count). The van der Waals surface area contributed by atoms with Gasteiger partial charge in [-0.1, -0.05) is 25.5 Å². The minimum absolute atomic E-state index is 0.509. The van der Waals surface area contributed by atoms with Gasteiger partial charge in [-0.15, -0.1) is 0 Å². The lowest BCUT2D eigenvalue weighted by Gasteiger charge is -2.25. The van der Waals surface area contributed by atoms with Crippen molar-refractivity contribution in [3.05, 3.63) is 29.3 Å². The largest absolute Gasteiger partial charge is 0.493 e. The molecule has 2 nitrogen and oxygen atoms in total. The summed E-state index contributed by atoms with van der Waals surface area (Å²) in [5.74, 6) is 4.12. The van der Waals surface area contributed by atoms with Gasteiger partial charge in [0.15, 0.2) is 0 Å². The van der Waals surface area contributed by atoms with Crippen LogP contribution in [0.25, 0.3) is 0 Å². The molecule has 0 amide bonds. The maximum Gasteiger partial charge on any atom is 0.122 e. The van der Waals surface area contributed by atoms with E-state index in [1.54, 1.807) is 0 Å². The molecule has 1 aromatic rings. The van der Waals surface area contributed by atoms with Gasteiger partial charge in [0.1, 0.15) is 5.75 Å². The van der Waals surface area contributed by atoms with Crippen LogP contribution in [0, 0.1) is 17.8 Å². The Morgan fingerprint density at radius 2 is 2.24 bits per heavy atom. The van der Waals surface area contributed by atoms with Crippen LogP contribution in [0.5, 0.6) is 5.75 Å². The van der Waals surface area contributed by atoms with Crippen molar-refractivity contribution in [3.63, 3.8) is 0 Å². The SMILES string of the molecule is CCC(NCC1CC2CCC1C2)c1ccc2c(c1)CCO2. The fraction of sp³-hybridized carbons (Fsp3) is 0.684. The average molecular weight is 285 g/mol. The highest BCUT2D eigenvalue weighted by molar-refractivity contribution is 5.40. The molecule has 0 saturated heterocycles. The molecular formula is C19H27NO. The second-order valence-corrected chi connectivity index (χ2v) is 7.27. The van der Waals surface area contributed by atoms with E-state index in [0.717, 1.165) is 36.5 Å². The van der Waals surface area contributed by atoms with Gasteiger partial charge in [-0.05, 0) is 67.2 Å². The molecule has 0 radical (unpaired) electrons. The fourth-order valence-corrected chi connectivity index (χ4v) is 4.84. The van der Waals surface area contributed by atoms with Crippen LogP contribution in [0.3, 0.4) is 0 Å². The van der Waals surface area contributed by atoms with E-state index < -0.39 is 0 Å². The van der Waals surface area contributed by atoms with Crippen molar-refractivity contribution in [2.45, 2.75) is 51.5 Å². The lowest BCUT2D eigenvalue weighted by atomic mass is 9.88. The third-order valence-corrected chi connectivity index (χ3v) is 6.04. The van der Waals surface area contributed by atoms with Gasteiger partial charge in [0.2, 0.25) is 0 Å². The molecule has 2 bridgehead atoms. The van der Waals surface area contributed by atoms with Crippen LogP contribution >= 0.6 is 0 Å². The van der Waals surface area contributed by atoms with Gasteiger partial charge in [0, 0.05) is 12.5 Å². The minimum atomic E-state index is 0.509. The second-order valence-electron chi connectivity index (χ2n) is 7.27. The Labute approximate surface area is 128 Å². The highest BCUT2D eigenvalue weighted by atomic mass is 16.5. The van der Waals surface area contributed by atoms with Gasteiger partial charge in [-0.25, -0.2) is 0 Å². The Kier molecular flexibility index (Phi) is 3.66. The molecule has 1 heterocycles. The Morgan fingerprint density at radius 1 is 1.29 bits per heavy atom. The predicted octanol–water partition coefficient (Wildman–Crippen LogP) is 4.10. The molecule has 3 aliphatic rings. The molecule has 4 atom stereocenters. The zero-order valence-electron chi connectivity index (χ0n) is 13.1. The molecule has 2 fully saturated rings. The van der Waals surface area contributed by atoms with E-state index in [1.807, 2.05) is 0 Å². The second kappa shape index (κ2) is 5.64. The lowest BCUT2D eigenvalue weighted by Crippen LogP contribution is -2.29. The van der Waals surface area contributed by atoms with Crippen molar-refractivity contribution in [1.29, 1.82) is 0 Å². The quantitative estimate of drug-likeness (QED) is 0.879. The fourth-order valence-electron chi connectivity index (χ4n) is 4.84. The third kappa shape index (κ3) is 2.59. The number of nitrogens with one attached hydrogen (secondary N) is 1. The van der Waals surface area contributed by atoms with E-state index in [-0.39, 0.29) is 0 Å². The molecule has 0 spiro atoms. The third-order valence-electron chi connectivity index (χ3n) is 6.04. The molecule has 2 saturated carbocycles. The van der Waals surface area contributed by atoms with Crippen LogP contribution in [-0.2, 0) is 6.42 Å². The molecular weight excluding hydrogens is 258 g/mol. The zero-order valence-corrected chi connectivity index (χ0v) is 13.1. The van der Waals surface area contributed by atoms with Gasteiger partial charge < -0.3 is 10.1 Å². The number of rotatable bonds is 5. The van der Waals surface area contributed by atoms with Crippen LogP contribution in [0.2, 0.25) is 0 Å². The molecule has 1 N–H and O–H groups in total. The van der Waals surface area contributed by atoms with Crippen LogP contribution in [0.4, 0.5) is 0 Å². The molecule has 21 heavy (non-hydrogen) atoms. The highest BCUT2D eigenvalue weighted by Gasteiger charge is 2.39. The van der Waals surface area contributed by atoms with Gasteiger partial charge in [0.25, 0.3) is 0 Å². The number of ether oxygens (including phenoxy) is 1. The molecule has 1 aliphatic heterocycles. The summed E-state index contributed by atoms with van der Waals surface area (Å²) in [7, 11) is 0. The standard InChI is InChI=1S/C19H27NO/c1-2-18(15-5-6-19-16(11-15)7-8-21-19)20-12-17-10-13-3-4-14(17)9-13/h5-6,11,13-14,17-18,20H,2-4,7-10,12H2,1H3. The van der Waals surface area contributed by atoms with Gasteiger partial charge in [-0.2, -0.15) is 0 Å². The van der Waals surface area contributed by atoms with Crippen molar-refractivity contribution < 1.29 is 4.74 Å². The van der Waals surface area contributed by atoms with Crippen molar-refractivity contribution in [3.8, 4) is 5.75 Å². The first-order valence-corrected chi connectivity index (χ1v) is 8.82. The number of hydrogen-bond donors (Lipinski definition) is 1. The summed E-state index contributed by atoms with van der Waals surface area (Å²) in [5.41, 5.74) is 2.84. The molecule has 4 unspecified atom stereocenters.